The number of hydrogen-bond acceptors (Lipinski definition) is 5. The summed E-state index contributed by atoms with van der Waals surface area (Å²) in [6.07, 6.45) is 8.83. The van der Waals surface area contributed by atoms with Crippen molar-refractivity contribution in [3.63, 3.8) is 0 Å². The van der Waals surface area contributed by atoms with Crippen LogP contribution in [0.15, 0.2) is 48.7 Å². The predicted octanol–water partition coefficient (Wildman–Crippen LogP) is 7.94. The van der Waals surface area contributed by atoms with Gasteiger partial charge in [0, 0.05) is 17.6 Å². The number of rotatable bonds is 8. The van der Waals surface area contributed by atoms with E-state index in [2.05, 4.69) is 29.4 Å². The zero-order valence-electron chi connectivity index (χ0n) is 19.9. The maximum atomic E-state index is 13.9. The van der Waals surface area contributed by atoms with Crippen molar-refractivity contribution in [1.82, 2.24) is 9.97 Å². The number of hydrogen-bond donors (Lipinski definition) is 1. The van der Waals surface area contributed by atoms with Gasteiger partial charge in [0.1, 0.15) is 11.6 Å². The summed E-state index contributed by atoms with van der Waals surface area (Å²) in [6, 6.07) is 13.6. The second kappa shape index (κ2) is 10.3. The smallest absolute Gasteiger partial charge is 0.184 e. The number of ether oxygens (including phenoxy) is 1. The van der Waals surface area contributed by atoms with Gasteiger partial charge < -0.3 is 10.1 Å². The van der Waals surface area contributed by atoms with Crippen LogP contribution in [0.1, 0.15) is 63.9 Å². The van der Waals surface area contributed by atoms with E-state index in [0.29, 0.717) is 24.5 Å². The van der Waals surface area contributed by atoms with Gasteiger partial charge >= 0.3 is 0 Å². The number of nitrogens with one attached hydrogen (secondary N) is 1. The van der Waals surface area contributed by atoms with Crippen molar-refractivity contribution in [2.75, 3.05) is 11.9 Å². The highest BCUT2D eigenvalue weighted by molar-refractivity contribution is 7.22. The molecule has 2 aromatic carbocycles. The number of aromatic nitrogens is 2. The van der Waals surface area contributed by atoms with Crippen LogP contribution in [0.5, 0.6) is 5.75 Å². The lowest BCUT2D eigenvalue weighted by molar-refractivity contribution is 0.297. The van der Waals surface area contributed by atoms with Crippen molar-refractivity contribution >= 4 is 37.6 Å². The number of thiazole rings is 1. The van der Waals surface area contributed by atoms with E-state index in [9.17, 15) is 4.39 Å². The molecule has 1 atom stereocenters. The monoisotopic (exact) mass is 477 g/mol. The first-order chi connectivity index (χ1) is 16.6. The average molecular weight is 478 g/mol. The fourth-order valence-corrected chi connectivity index (χ4v) is 6.30. The van der Waals surface area contributed by atoms with Crippen LogP contribution >= 0.6 is 11.3 Å². The summed E-state index contributed by atoms with van der Waals surface area (Å²) in [7, 11) is 0. The van der Waals surface area contributed by atoms with Gasteiger partial charge in [-0.1, -0.05) is 18.3 Å². The van der Waals surface area contributed by atoms with Crippen LogP contribution in [0.3, 0.4) is 0 Å². The molecule has 6 heteroatoms. The van der Waals surface area contributed by atoms with Gasteiger partial charge in [-0.05, 0) is 105 Å². The van der Waals surface area contributed by atoms with E-state index in [0.717, 1.165) is 57.7 Å². The number of fused-ring (bicyclic) bond motifs is 2. The van der Waals surface area contributed by atoms with Crippen LogP contribution in [-0.4, -0.2) is 22.6 Å². The summed E-state index contributed by atoms with van der Waals surface area (Å²) in [5.41, 5.74) is 3.17. The minimum Gasteiger partial charge on any atom is -0.494 e. The molecule has 5 rings (SSSR count). The third-order valence-electron chi connectivity index (χ3n) is 7.13. The van der Waals surface area contributed by atoms with E-state index in [1.54, 1.807) is 23.5 Å². The van der Waals surface area contributed by atoms with Crippen LogP contribution in [0.25, 0.3) is 21.1 Å². The molecule has 1 unspecified atom stereocenters. The number of pyridine rings is 1. The highest BCUT2D eigenvalue weighted by atomic mass is 32.1. The van der Waals surface area contributed by atoms with E-state index < -0.39 is 0 Å². The van der Waals surface area contributed by atoms with Gasteiger partial charge in [0.25, 0.3) is 0 Å². The Morgan fingerprint density at radius 1 is 1.06 bits per heavy atom. The molecule has 178 valence electrons. The Morgan fingerprint density at radius 3 is 2.68 bits per heavy atom. The first-order valence-electron chi connectivity index (χ1n) is 12.5. The Balaban J connectivity index is 1.21. The molecule has 0 spiro atoms. The van der Waals surface area contributed by atoms with Gasteiger partial charge in [-0.15, -0.1) is 0 Å². The Bertz CT molecular complexity index is 1270. The van der Waals surface area contributed by atoms with Gasteiger partial charge in [0.2, 0.25) is 0 Å². The largest absolute Gasteiger partial charge is 0.494 e. The van der Waals surface area contributed by atoms with Gasteiger partial charge in [-0.3, -0.25) is 4.98 Å². The highest BCUT2D eigenvalue weighted by Gasteiger charge is 2.26. The maximum Gasteiger partial charge on any atom is 0.184 e. The molecular formula is C28H32FN3OS. The lowest BCUT2D eigenvalue weighted by atomic mass is 9.76. The third-order valence-corrected chi connectivity index (χ3v) is 8.08. The lowest BCUT2D eigenvalue weighted by Crippen LogP contribution is -2.24. The van der Waals surface area contributed by atoms with Gasteiger partial charge in [-0.25, -0.2) is 9.37 Å². The second-order valence-electron chi connectivity index (χ2n) is 9.35. The van der Waals surface area contributed by atoms with Gasteiger partial charge in [0.15, 0.2) is 5.13 Å². The number of benzene rings is 2. The van der Waals surface area contributed by atoms with Gasteiger partial charge in [0.05, 0.1) is 22.3 Å². The zero-order valence-corrected chi connectivity index (χ0v) is 20.7. The van der Waals surface area contributed by atoms with Gasteiger partial charge in [-0.2, -0.15) is 0 Å². The van der Waals surface area contributed by atoms with Crippen LogP contribution in [0, 0.1) is 11.7 Å². The minimum atomic E-state index is -0.184. The molecule has 34 heavy (non-hydrogen) atoms. The molecule has 2 heterocycles. The molecule has 0 amide bonds. The van der Waals surface area contributed by atoms with Crippen molar-refractivity contribution < 1.29 is 9.13 Å². The lowest BCUT2D eigenvalue weighted by Gasteiger charge is -2.31. The molecule has 1 saturated carbocycles. The average Bonchev–Trinajstić information content (AvgIpc) is 3.25. The molecule has 4 aromatic rings. The van der Waals surface area contributed by atoms with E-state index in [4.69, 9.17) is 9.72 Å². The maximum absolute atomic E-state index is 13.9. The third kappa shape index (κ3) is 5.02. The topological polar surface area (TPSA) is 47.0 Å². The van der Waals surface area contributed by atoms with Crippen LogP contribution in [0.2, 0.25) is 0 Å². The standard InChI is InChI=1S/C28H32FN3OS/c1-3-21(31-28-32-26-12-10-22(33-4-2)17-27(26)34-28)15-18-5-7-19(8-6-18)23-13-14-30-25-11-9-20(29)16-24(23)25/h9-14,16-19,21H,3-8,15H2,1-2H3,(H,31,32). The molecule has 0 radical (unpaired) electrons. The van der Waals surface area contributed by atoms with Crippen LogP contribution in [0.4, 0.5) is 9.52 Å². The van der Waals surface area contributed by atoms with Crippen LogP contribution < -0.4 is 10.1 Å². The van der Waals surface area contributed by atoms with E-state index in [1.807, 2.05) is 25.3 Å². The molecule has 0 aliphatic heterocycles. The Kier molecular flexibility index (Phi) is 6.95. The Hall–Kier alpha value is -2.73. The van der Waals surface area contributed by atoms with Crippen LogP contribution in [-0.2, 0) is 0 Å². The van der Waals surface area contributed by atoms with Crippen molar-refractivity contribution in [1.29, 1.82) is 0 Å². The van der Waals surface area contributed by atoms with Crippen molar-refractivity contribution in [2.24, 2.45) is 5.92 Å². The fraction of sp³-hybridized carbons (Fsp3) is 0.429. The molecule has 1 aliphatic rings. The molecule has 1 aliphatic carbocycles. The molecule has 4 nitrogen and oxygen atoms in total. The Morgan fingerprint density at radius 2 is 1.88 bits per heavy atom. The molecule has 0 bridgehead atoms. The summed E-state index contributed by atoms with van der Waals surface area (Å²) >= 11 is 1.70. The van der Waals surface area contributed by atoms with E-state index in [1.165, 1.54) is 24.5 Å². The quantitative estimate of drug-likeness (QED) is 0.280. The second-order valence-corrected chi connectivity index (χ2v) is 10.4. The van der Waals surface area contributed by atoms with E-state index in [-0.39, 0.29) is 5.82 Å². The fourth-order valence-electron chi connectivity index (χ4n) is 5.33. The summed E-state index contributed by atoms with van der Waals surface area (Å²) in [5, 5.41) is 5.68. The number of halogens is 1. The SMILES string of the molecule is CCOc1ccc2nc(NC(CC)CC3CCC(c4ccnc5ccc(F)cc45)CC3)sc2c1. The predicted molar refractivity (Wildman–Crippen MR) is 140 cm³/mol. The zero-order chi connectivity index (χ0) is 23.5. The molecular weight excluding hydrogens is 445 g/mol. The summed E-state index contributed by atoms with van der Waals surface area (Å²) in [5.74, 6) is 1.91. The normalized spacial score (nSPS) is 19.4. The molecule has 2 aromatic heterocycles. The first-order valence-corrected chi connectivity index (χ1v) is 13.3. The summed E-state index contributed by atoms with van der Waals surface area (Å²) < 4.78 is 20.7. The Labute approximate surface area is 204 Å². The van der Waals surface area contributed by atoms with Crippen molar-refractivity contribution in [3.05, 3.63) is 60.0 Å². The molecule has 0 saturated heterocycles. The number of nitrogens with zero attached hydrogens (tertiary/aromatic N) is 2. The van der Waals surface area contributed by atoms with E-state index >= 15 is 0 Å². The molecule has 1 fully saturated rings. The highest BCUT2D eigenvalue weighted by Crippen LogP contribution is 2.40. The first kappa shape index (κ1) is 23.0. The summed E-state index contributed by atoms with van der Waals surface area (Å²) in [6.45, 7) is 4.92. The molecule has 1 N–H and O–H groups in total. The number of anilines is 1. The summed E-state index contributed by atoms with van der Waals surface area (Å²) in [4.78, 5) is 9.22. The minimum absolute atomic E-state index is 0.184. The van der Waals surface area contributed by atoms with Crippen molar-refractivity contribution in [3.8, 4) is 5.75 Å². The van der Waals surface area contributed by atoms with Crippen molar-refractivity contribution in [2.45, 2.75) is 64.3 Å².